The van der Waals surface area contributed by atoms with Crippen LogP contribution < -0.4 is 11.1 Å². The van der Waals surface area contributed by atoms with E-state index >= 15 is 0 Å². The molecular weight excluding hydrogens is 438 g/mol. The molecule has 0 aromatic heterocycles. The van der Waals surface area contributed by atoms with E-state index in [-0.39, 0.29) is 36.5 Å². The first kappa shape index (κ1) is 26.2. The van der Waals surface area contributed by atoms with Crippen molar-refractivity contribution in [3.63, 3.8) is 0 Å². The number of carbonyl (C=O) groups is 3. The maximum atomic E-state index is 12.8. The molecule has 2 aliphatic rings. The van der Waals surface area contributed by atoms with Gasteiger partial charge in [0.25, 0.3) is 5.91 Å². The molecule has 1 atom stereocenters. The van der Waals surface area contributed by atoms with Gasteiger partial charge in [0, 0.05) is 31.7 Å². The van der Waals surface area contributed by atoms with Crippen LogP contribution >= 0.6 is 12.4 Å². The van der Waals surface area contributed by atoms with Gasteiger partial charge in [-0.3, -0.25) is 19.7 Å². The summed E-state index contributed by atoms with van der Waals surface area (Å²) in [5.41, 5.74) is 8.05. The largest absolute Gasteiger partial charge is 0.379 e. The molecule has 1 fully saturated rings. The predicted octanol–water partition coefficient (Wildman–Crippen LogP) is 0.810. The van der Waals surface area contributed by atoms with Gasteiger partial charge in [-0.25, -0.2) is 0 Å². The van der Waals surface area contributed by atoms with E-state index in [0.29, 0.717) is 64.7 Å². The summed E-state index contributed by atoms with van der Waals surface area (Å²) in [5.74, 6) is -0.813. The molecule has 0 radical (unpaired) electrons. The predicted molar refractivity (Wildman–Crippen MR) is 120 cm³/mol. The number of fused-ring (bicyclic) bond motifs is 1. The molecule has 3 amide bonds. The van der Waals surface area contributed by atoms with Gasteiger partial charge in [0.2, 0.25) is 11.8 Å². The van der Waals surface area contributed by atoms with Crippen LogP contribution in [0, 0.1) is 0 Å². The Morgan fingerprint density at radius 2 is 1.69 bits per heavy atom. The Labute approximate surface area is 194 Å². The second-order valence-corrected chi connectivity index (χ2v) is 7.57. The molecule has 3 N–H and O–H groups in total. The summed E-state index contributed by atoms with van der Waals surface area (Å²) < 4.78 is 16.3. The normalized spacial score (nSPS) is 17.8. The molecule has 1 aromatic carbocycles. The fourth-order valence-corrected chi connectivity index (χ4v) is 3.87. The number of halogens is 1. The second-order valence-electron chi connectivity index (χ2n) is 7.57. The molecule has 1 saturated heterocycles. The van der Waals surface area contributed by atoms with E-state index in [9.17, 15) is 14.4 Å². The molecule has 2 aliphatic heterocycles. The van der Waals surface area contributed by atoms with E-state index in [1.54, 1.807) is 11.0 Å². The Morgan fingerprint density at radius 3 is 2.38 bits per heavy atom. The summed E-state index contributed by atoms with van der Waals surface area (Å²) in [6.45, 7) is 4.14. The number of piperidine rings is 1. The van der Waals surface area contributed by atoms with E-state index in [4.69, 9.17) is 19.9 Å². The highest BCUT2D eigenvalue weighted by Crippen LogP contribution is 2.30. The molecule has 10 heteroatoms. The zero-order valence-corrected chi connectivity index (χ0v) is 19.0. The van der Waals surface area contributed by atoms with E-state index in [0.717, 1.165) is 24.0 Å². The fourth-order valence-electron chi connectivity index (χ4n) is 3.87. The van der Waals surface area contributed by atoms with Crippen molar-refractivity contribution < 1.29 is 28.6 Å². The topological polar surface area (TPSA) is 120 Å². The molecule has 0 aliphatic carbocycles. The van der Waals surface area contributed by atoms with Crippen LogP contribution in [0.4, 0.5) is 0 Å². The Hall–Kier alpha value is -2.04. The van der Waals surface area contributed by atoms with E-state index in [2.05, 4.69) is 5.32 Å². The number of benzene rings is 1. The second kappa shape index (κ2) is 13.5. The lowest BCUT2D eigenvalue weighted by atomic mass is 10.00. The monoisotopic (exact) mass is 469 g/mol. The molecule has 2 heterocycles. The number of amides is 3. The zero-order valence-electron chi connectivity index (χ0n) is 18.2. The van der Waals surface area contributed by atoms with Crippen LogP contribution in [0.3, 0.4) is 0 Å². The molecule has 1 aromatic rings. The highest BCUT2D eigenvalue weighted by Gasteiger charge is 2.39. The third-order valence-corrected chi connectivity index (χ3v) is 5.42. The summed E-state index contributed by atoms with van der Waals surface area (Å²) >= 11 is 0. The summed E-state index contributed by atoms with van der Waals surface area (Å²) in [4.78, 5) is 38.0. The highest BCUT2D eigenvalue weighted by molar-refractivity contribution is 6.05. The Bertz CT molecular complexity index is 791. The van der Waals surface area contributed by atoms with Crippen LogP contribution in [-0.4, -0.2) is 74.8 Å². The number of rotatable bonds is 13. The highest BCUT2D eigenvalue weighted by atomic mass is 35.5. The van der Waals surface area contributed by atoms with Crippen molar-refractivity contribution in [2.45, 2.75) is 38.3 Å². The Kier molecular flexibility index (Phi) is 11.1. The lowest BCUT2D eigenvalue weighted by Crippen LogP contribution is -2.52. The number of carbonyl (C=O) groups excluding carboxylic acids is 3. The van der Waals surface area contributed by atoms with Gasteiger partial charge >= 0.3 is 0 Å². The number of hydrogen-bond acceptors (Lipinski definition) is 7. The number of nitrogens with one attached hydrogen (secondary N) is 1. The molecule has 0 bridgehead atoms. The molecule has 178 valence electrons. The first-order valence-corrected chi connectivity index (χ1v) is 10.8. The number of nitrogens with zero attached hydrogens (tertiary/aromatic N) is 1. The molecule has 0 spiro atoms. The van der Waals surface area contributed by atoms with Crippen LogP contribution in [0.25, 0.3) is 0 Å². The van der Waals surface area contributed by atoms with E-state index in [1.165, 1.54) is 0 Å². The summed E-state index contributed by atoms with van der Waals surface area (Å²) in [6, 6.07) is 5.11. The minimum Gasteiger partial charge on any atom is -0.379 e. The average Bonchev–Trinajstić information content (AvgIpc) is 3.09. The van der Waals surface area contributed by atoms with Gasteiger partial charge < -0.3 is 24.8 Å². The minimum atomic E-state index is -0.588. The standard InChI is InChI=1S/C22H31N3O6.ClH/c23-8-10-30-12-14-31-13-11-29-9-2-4-16-3-1-5-17-18(16)15-25(22(17)28)19-6-7-20(26)24-21(19)27;/h1,3,5,19H,2,4,6-15,23H2,(H,24,26,27);1H. The van der Waals surface area contributed by atoms with Crippen LogP contribution in [0.2, 0.25) is 0 Å². The number of hydrogen-bond donors (Lipinski definition) is 2. The van der Waals surface area contributed by atoms with Crippen molar-refractivity contribution in [3.05, 3.63) is 34.9 Å². The molecule has 9 nitrogen and oxygen atoms in total. The third-order valence-electron chi connectivity index (χ3n) is 5.42. The number of ether oxygens (including phenoxy) is 3. The number of nitrogens with two attached hydrogens (primary N) is 1. The van der Waals surface area contributed by atoms with Crippen molar-refractivity contribution in [1.82, 2.24) is 10.2 Å². The first-order chi connectivity index (χ1) is 15.1. The average molecular weight is 470 g/mol. The Morgan fingerprint density at radius 1 is 1.00 bits per heavy atom. The van der Waals surface area contributed by atoms with Crippen LogP contribution in [0.15, 0.2) is 18.2 Å². The molecule has 32 heavy (non-hydrogen) atoms. The van der Waals surface area contributed by atoms with E-state index < -0.39 is 6.04 Å². The minimum absolute atomic E-state index is 0. The number of imide groups is 1. The van der Waals surface area contributed by atoms with Crippen molar-refractivity contribution in [1.29, 1.82) is 0 Å². The fraction of sp³-hybridized carbons (Fsp3) is 0.591. The van der Waals surface area contributed by atoms with Gasteiger partial charge in [-0.05, 0) is 36.5 Å². The van der Waals surface area contributed by atoms with Crippen LogP contribution in [0.1, 0.15) is 40.7 Å². The third kappa shape index (κ3) is 6.98. The molecule has 3 rings (SSSR count). The maximum absolute atomic E-state index is 12.8. The van der Waals surface area contributed by atoms with Gasteiger partial charge in [-0.15, -0.1) is 12.4 Å². The van der Waals surface area contributed by atoms with Crippen molar-refractivity contribution in [2.75, 3.05) is 46.2 Å². The lowest BCUT2D eigenvalue weighted by molar-refractivity contribution is -0.136. The first-order valence-electron chi connectivity index (χ1n) is 10.8. The van der Waals surface area contributed by atoms with Crippen molar-refractivity contribution in [3.8, 4) is 0 Å². The van der Waals surface area contributed by atoms with E-state index in [1.807, 2.05) is 12.1 Å². The smallest absolute Gasteiger partial charge is 0.255 e. The summed E-state index contributed by atoms with van der Waals surface area (Å²) in [6.07, 6.45) is 2.23. The number of aryl methyl sites for hydroxylation is 1. The lowest BCUT2D eigenvalue weighted by Gasteiger charge is -2.29. The Balaban J connectivity index is 0.00000363. The SMILES string of the molecule is Cl.NCCOCCOCCOCCCc1cccc2c1CN(C1CCC(=O)NC1=O)C2=O. The van der Waals surface area contributed by atoms with Crippen molar-refractivity contribution in [2.24, 2.45) is 5.73 Å². The zero-order chi connectivity index (χ0) is 22.1. The molecule has 1 unspecified atom stereocenters. The van der Waals surface area contributed by atoms with Crippen molar-refractivity contribution >= 4 is 30.1 Å². The summed E-state index contributed by atoms with van der Waals surface area (Å²) in [7, 11) is 0. The molecule has 0 saturated carbocycles. The van der Waals surface area contributed by atoms with Gasteiger partial charge in [0.05, 0.1) is 33.0 Å². The quantitative estimate of drug-likeness (QED) is 0.324. The maximum Gasteiger partial charge on any atom is 0.255 e. The van der Waals surface area contributed by atoms with Gasteiger partial charge in [-0.1, -0.05) is 12.1 Å². The molecular formula is C22H32ClN3O6. The van der Waals surface area contributed by atoms with Gasteiger partial charge in [0.15, 0.2) is 0 Å². The van der Waals surface area contributed by atoms with Crippen LogP contribution in [-0.2, 0) is 36.8 Å². The van der Waals surface area contributed by atoms with Crippen LogP contribution in [0.5, 0.6) is 0 Å². The van der Waals surface area contributed by atoms with Gasteiger partial charge in [0.1, 0.15) is 6.04 Å². The van der Waals surface area contributed by atoms with Gasteiger partial charge in [-0.2, -0.15) is 0 Å². The summed E-state index contributed by atoms with van der Waals surface area (Å²) in [5, 5.41) is 2.33.